The van der Waals surface area contributed by atoms with Crippen LogP contribution in [0.15, 0.2) is 36.5 Å². The van der Waals surface area contributed by atoms with Gasteiger partial charge in [0.2, 0.25) is 0 Å². The zero-order valence-corrected chi connectivity index (χ0v) is 11.3. The lowest BCUT2D eigenvalue weighted by Gasteiger charge is -2.22. The molecule has 0 bridgehead atoms. The van der Waals surface area contributed by atoms with Gasteiger partial charge in [0.05, 0.1) is 11.6 Å². The zero-order chi connectivity index (χ0) is 13.1. The summed E-state index contributed by atoms with van der Waals surface area (Å²) in [4.78, 5) is 4.33. The van der Waals surface area contributed by atoms with Crippen molar-refractivity contribution in [1.29, 1.82) is 0 Å². The molecule has 2 rings (SSSR count). The van der Waals surface area contributed by atoms with Crippen LogP contribution in [0.4, 0.5) is 0 Å². The standard InChI is InChI=1S/C16H21NO/c1-11(2)10-12(3)16(18)14-6-4-8-15-13(14)7-5-9-17-15/h4-9,11-12,16,18H,10H2,1-3H3. The van der Waals surface area contributed by atoms with Gasteiger partial charge in [-0.3, -0.25) is 4.98 Å². The van der Waals surface area contributed by atoms with Crippen molar-refractivity contribution in [2.24, 2.45) is 11.8 Å². The van der Waals surface area contributed by atoms with E-state index in [1.54, 1.807) is 6.20 Å². The van der Waals surface area contributed by atoms with Gasteiger partial charge in [-0.25, -0.2) is 0 Å². The molecule has 0 saturated heterocycles. The van der Waals surface area contributed by atoms with Crippen molar-refractivity contribution in [3.05, 3.63) is 42.1 Å². The maximum Gasteiger partial charge on any atom is 0.0822 e. The number of rotatable bonds is 4. The summed E-state index contributed by atoms with van der Waals surface area (Å²) in [6.45, 7) is 6.49. The van der Waals surface area contributed by atoms with Crippen LogP contribution >= 0.6 is 0 Å². The van der Waals surface area contributed by atoms with Gasteiger partial charge in [0.15, 0.2) is 0 Å². The minimum Gasteiger partial charge on any atom is -0.388 e. The summed E-state index contributed by atoms with van der Waals surface area (Å²) < 4.78 is 0. The van der Waals surface area contributed by atoms with Gasteiger partial charge >= 0.3 is 0 Å². The second-order valence-corrected chi connectivity index (χ2v) is 5.47. The molecule has 0 fully saturated rings. The van der Waals surface area contributed by atoms with Gasteiger partial charge in [0.25, 0.3) is 0 Å². The number of hydrogen-bond donors (Lipinski definition) is 1. The highest BCUT2D eigenvalue weighted by molar-refractivity contribution is 5.82. The summed E-state index contributed by atoms with van der Waals surface area (Å²) in [5.41, 5.74) is 1.94. The van der Waals surface area contributed by atoms with Crippen molar-refractivity contribution >= 4 is 10.9 Å². The molecule has 1 heterocycles. The van der Waals surface area contributed by atoms with Gasteiger partial charge in [-0.1, -0.05) is 39.0 Å². The van der Waals surface area contributed by atoms with Crippen LogP contribution in [0, 0.1) is 11.8 Å². The van der Waals surface area contributed by atoms with Crippen LogP contribution in [0.1, 0.15) is 38.9 Å². The maximum absolute atomic E-state index is 10.5. The Hall–Kier alpha value is -1.41. The van der Waals surface area contributed by atoms with Crippen molar-refractivity contribution in [1.82, 2.24) is 4.98 Å². The predicted molar refractivity (Wildman–Crippen MR) is 75.3 cm³/mol. The average Bonchev–Trinajstić information content (AvgIpc) is 2.36. The fourth-order valence-corrected chi connectivity index (χ4v) is 2.56. The fourth-order valence-electron chi connectivity index (χ4n) is 2.56. The van der Waals surface area contributed by atoms with E-state index in [1.807, 2.05) is 30.3 Å². The summed E-state index contributed by atoms with van der Waals surface area (Å²) in [6, 6.07) is 9.91. The van der Waals surface area contributed by atoms with Crippen molar-refractivity contribution in [2.45, 2.75) is 33.3 Å². The van der Waals surface area contributed by atoms with E-state index < -0.39 is 6.10 Å². The van der Waals surface area contributed by atoms with Crippen molar-refractivity contribution < 1.29 is 5.11 Å². The molecule has 0 aliphatic carbocycles. The Kier molecular flexibility index (Phi) is 3.97. The summed E-state index contributed by atoms with van der Waals surface area (Å²) >= 11 is 0. The number of nitrogens with zero attached hydrogens (tertiary/aromatic N) is 1. The normalized spacial score (nSPS) is 14.9. The molecule has 96 valence electrons. The van der Waals surface area contributed by atoms with Crippen molar-refractivity contribution in [3.8, 4) is 0 Å². The molecule has 0 radical (unpaired) electrons. The number of pyridine rings is 1. The highest BCUT2D eigenvalue weighted by Crippen LogP contribution is 2.31. The first kappa shape index (κ1) is 13.0. The number of benzene rings is 1. The van der Waals surface area contributed by atoms with E-state index in [1.165, 1.54) is 0 Å². The molecule has 18 heavy (non-hydrogen) atoms. The van der Waals surface area contributed by atoms with E-state index in [2.05, 4.69) is 25.8 Å². The molecule has 1 aromatic carbocycles. The summed E-state index contributed by atoms with van der Waals surface area (Å²) in [6.07, 6.45) is 2.40. The van der Waals surface area contributed by atoms with Crippen LogP contribution in [0.5, 0.6) is 0 Å². The Bertz CT molecular complexity index is 516. The Morgan fingerprint density at radius 1 is 1.11 bits per heavy atom. The van der Waals surface area contributed by atoms with Crippen molar-refractivity contribution in [3.63, 3.8) is 0 Å². The third-order valence-corrected chi connectivity index (χ3v) is 3.38. The summed E-state index contributed by atoms with van der Waals surface area (Å²) in [5, 5.41) is 11.6. The molecule has 2 aromatic rings. The molecule has 0 spiro atoms. The third-order valence-electron chi connectivity index (χ3n) is 3.38. The molecule has 0 aliphatic heterocycles. The van der Waals surface area contributed by atoms with E-state index >= 15 is 0 Å². The number of aliphatic hydroxyl groups excluding tert-OH is 1. The Morgan fingerprint density at radius 2 is 1.89 bits per heavy atom. The monoisotopic (exact) mass is 243 g/mol. The van der Waals surface area contributed by atoms with Crippen molar-refractivity contribution in [2.75, 3.05) is 0 Å². The number of fused-ring (bicyclic) bond motifs is 1. The lowest BCUT2D eigenvalue weighted by Crippen LogP contribution is -2.12. The first-order chi connectivity index (χ1) is 8.59. The van der Waals surface area contributed by atoms with E-state index in [-0.39, 0.29) is 5.92 Å². The van der Waals surface area contributed by atoms with Gasteiger partial charge in [0, 0.05) is 11.6 Å². The molecule has 0 saturated carbocycles. The number of hydrogen-bond acceptors (Lipinski definition) is 2. The van der Waals surface area contributed by atoms with Crippen LogP contribution in [0.2, 0.25) is 0 Å². The molecule has 2 unspecified atom stereocenters. The first-order valence-electron chi connectivity index (χ1n) is 6.61. The molecule has 2 heteroatoms. The summed E-state index contributed by atoms with van der Waals surface area (Å²) in [5.74, 6) is 0.860. The van der Waals surface area contributed by atoms with Gasteiger partial charge in [-0.15, -0.1) is 0 Å². The largest absolute Gasteiger partial charge is 0.388 e. The smallest absolute Gasteiger partial charge is 0.0822 e. The van der Waals surface area contributed by atoms with E-state index in [0.717, 1.165) is 22.9 Å². The van der Waals surface area contributed by atoms with E-state index in [4.69, 9.17) is 0 Å². The Balaban J connectivity index is 2.35. The zero-order valence-electron chi connectivity index (χ0n) is 11.3. The van der Waals surface area contributed by atoms with Crippen LogP contribution in [0.3, 0.4) is 0 Å². The van der Waals surface area contributed by atoms with E-state index in [0.29, 0.717) is 5.92 Å². The average molecular weight is 243 g/mol. The molecule has 1 N–H and O–H groups in total. The predicted octanol–water partition coefficient (Wildman–Crippen LogP) is 3.95. The fraction of sp³-hybridized carbons (Fsp3) is 0.438. The topological polar surface area (TPSA) is 33.1 Å². The molecular weight excluding hydrogens is 222 g/mol. The highest BCUT2D eigenvalue weighted by atomic mass is 16.3. The lowest BCUT2D eigenvalue weighted by atomic mass is 9.88. The van der Waals surface area contributed by atoms with Crippen LogP contribution < -0.4 is 0 Å². The van der Waals surface area contributed by atoms with Crippen LogP contribution in [-0.4, -0.2) is 10.1 Å². The molecule has 0 aliphatic rings. The van der Waals surface area contributed by atoms with Gasteiger partial charge in [-0.05, 0) is 36.0 Å². The molecule has 0 amide bonds. The first-order valence-corrected chi connectivity index (χ1v) is 6.61. The second kappa shape index (κ2) is 5.49. The lowest BCUT2D eigenvalue weighted by molar-refractivity contribution is 0.106. The molecular formula is C16H21NO. The Morgan fingerprint density at radius 3 is 2.61 bits per heavy atom. The van der Waals surface area contributed by atoms with Crippen LogP contribution in [-0.2, 0) is 0 Å². The highest BCUT2D eigenvalue weighted by Gasteiger charge is 2.19. The SMILES string of the molecule is CC(C)CC(C)C(O)c1cccc2ncccc12. The number of aliphatic hydroxyl groups is 1. The molecule has 2 atom stereocenters. The Labute approximate surface area is 109 Å². The second-order valence-electron chi connectivity index (χ2n) is 5.47. The minimum atomic E-state index is -0.416. The third kappa shape index (κ3) is 2.70. The maximum atomic E-state index is 10.5. The van der Waals surface area contributed by atoms with Gasteiger partial charge < -0.3 is 5.11 Å². The van der Waals surface area contributed by atoms with Crippen LogP contribution in [0.25, 0.3) is 10.9 Å². The molecule has 1 aromatic heterocycles. The quantitative estimate of drug-likeness (QED) is 0.882. The molecule has 2 nitrogen and oxygen atoms in total. The minimum absolute atomic E-state index is 0.260. The van der Waals surface area contributed by atoms with Gasteiger partial charge in [-0.2, -0.15) is 0 Å². The van der Waals surface area contributed by atoms with Gasteiger partial charge in [0.1, 0.15) is 0 Å². The summed E-state index contributed by atoms with van der Waals surface area (Å²) in [7, 11) is 0. The number of aromatic nitrogens is 1. The van der Waals surface area contributed by atoms with E-state index in [9.17, 15) is 5.11 Å².